The van der Waals surface area contributed by atoms with Crippen molar-refractivity contribution in [2.24, 2.45) is 5.41 Å². The van der Waals surface area contributed by atoms with Crippen molar-refractivity contribution in [3.63, 3.8) is 0 Å². The highest BCUT2D eigenvalue weighted by Crippen LogP contribution is 2.53. The summed E-state index contributed by atoms with van der Waals surface area (Å²) in [4.78, 5) is 13.2. The van der Waals surface area contributed by atoms with Crippen molar-refractivity contribution in [3.8, 4) is 12.1 Å². The second kappa shape index (κ2) is 6.45. The Hall–Kier alpha value is -2.67. The first kappa shape index (κ1) is 16.2. The molecule has 0 radical (unpaired) electrons. The summed E-state index contributed by atoms with van der Waals surface area (Å²) >= 11 is 1.45. The third-order valence-electron chi connectivity index (χ3n) is 4.44. The number of benzene rings is 1. The quantitative estimate of drug-likeness (QED) is 0.870. The Labute approximate surface area is 144 Å². The maximum absolute atomic E-state index is 12.3. The molecule has 1 N–H and O–H groups in total. The molecule has 120 valence electrons. The van der Waals surface area contributed by atoms with Gasteiger partial charge in [-0.1, -0.05) is 36.4 Å². The first-order chi connectivity index (χ1) is 11.7. The van der Waals surface area contributed by atoms with Gasteiger partial charge in [-0.15, -0.1) is 11.3 Å². The maximum atomic E-state index is 12.3. The lowest BCUT2D eigenvalue weighted by molar-refractivity contribution is -0.143. The van der Waals surface area contributed by atoms with Gasteiger partial charge in [-0.3, -0.25) is 10.1 Å². The van der Waals surface area contributed by atoms with Crippen molar-refractivity contribution < 1.29 is 9.53 Å². The van der Waals surface area contributed by atoms with E-state index in [1.165, 1.54) is 18.4 Å². The van der Waals surface area contributed by atoms with E-state index in [2.05, 4.69) is 17.5 Å². The Kier molecular flexibility index (Phi) is 4.35. The molecule has 1 aliphatic rings. The normalized spacial score (nSPS) is 24.7. The summed E-state index contributed by atoms with van der Waals surface area (Å²) in [6.45, 7) is 0. The number of carbonyl (C=O) groups excluding carboxylic acids is 1. The van der Waals surface area contributed by atoms with E-state index in [0.717, 1.165) is 10.4 Å². The lowest BCUT2D eigenvalue weighted by Gasteiger charge is -2.26. The molecule has 0 aliphatic carbocycles. The average Bonchev–Trinajstić information content (AvgIpc) is 3.27. The topological polar surface area (TPSA) is 85.9 Å². The van der Waals surface area contributed by atoms with Crippen LogP contribution in [0.4, 0.5) is 0 Å². The number of ether oxygens (including phenoxy) is 1. The average molecular weight is 337 g/mol. The van der Waals surface area contributed by atoms with E-state index in [1.807, 2.05) is 47.8 Å². The molecule has 3 atom stereocenters. The summed E-state index contributed by atoms with van der Waals surface area (Å²) < 4.78 is 4.92. The lowest BCUT2D eigenvalue weighted by Crippen LogP contribution is -2.36. The van der Waals surface area contributed by atoms with Gasteiger partial charge >= 0.3 is 5.97 Å². The SMILES string of the molecule is COC(=O)C1NC(c2cccs2)C(C#N)(C#N)C1c1ccccc1. The Morgan fingerprint density at radius 3 is 2.46 bits per heavy atom. The predicted molar refractivity (Wildman–Crippen MR) is 88.8 cm³/mol. The van der Waals surface area contributed by atoms with Crippen molar-refractivity contribution in [1.29, 1.82) is 10.5 Å². The number of nitriles is 2. The molecule has 0 amide bonds. The van der Waals surface area contributed by atoms with Crippen LogP contribution in [-0.2, 0) is 9.53 Å². The van der Waals surface area contributed by atoms with Crippen LogP contribution in [-0.4, -0.2) is 19.1 Å². The largest absolute Gasteiger partial charge is 0.468 e. The molecule has 0 saturated carbocycles. The zero-order chi connectivity index (χ0) is 17.2. The van der Waals surface area contributed by atoms with Crippen molar-refractivity contribution >= 4 is 17.3 Å². The van der Waals surface area contributed by atoms with Gasteiger partial charge in [0.1, 0.15) is 6.04 Å². The van der Waals surface area contributed by atoms with Crippen molar-refractivity contribution in [1.82, 2.24) is 5.32 Å². The number of thiophene rings is 1. The molecule has 3 unspecified atom stereocenters. The molecule has 3 rings (SSSR count). The number of rotatable bonds is 3. The molecule has 6 heteroatoms. The molecule has 1 fully saturated rings. The number of nitrogens with zero attached hydrogens (tertiary/aromatic N) is 2. The highest BCUT2D eigenvalue weighted by atomic mass is 32.1. The Morgan fingerprint density at radius 1 is 1.21 bits per heavy atom. The van der Waals surface area contributed by atoms with Crippen molar-refractivity contribution in [2.45, 2.75) is 18.0 Å². The second-order valence-electron chi connectivity index (χ2n) is 5.60. The Bertz CT molecular complexity index is 791. The van der Waals surface area contributed by atoms with Gasteiger partial charge in [0.05, 0.1) is 25.3 Å². The number of methoxy groups -OCH3 is 1. The van der Waals surface area contributed by atoms with Crippen LogP contribution < -0.4 is 5.32 Å². The first-order valence-corrected chi connectivity index (χ1v) is 8.30. The van der Waals surface area contributed by atoms with E-state index in [9.17, 15) is 15.3 Å². The number of carbonyl (C=O) groups is 1. The van der Waals surface area contributed by atoms with E-state index in [1.54, 1.807) is 0 Å². The zero-order valence-corrected chi connectivity index (χ0v) is 13.8. The number of nitrogens with one attached hydrogen (secondary N) is 1. The molecule has 1 saturated heterocycles. The molecule has 5 nitrogen and oxygen atoms in total. The summed E-state index contributed by atoms with van der Waals surface area (Å²) in [5.41, 5.74) is -0.631. The van der Waals surface area contributed by atoms with Crippen LogP contribution in [0.15, 0.2) is 47.8 Å². The molecular weight excluding hydrogens is 322 g/mol. The predicted octanol–water partition coefficient (Wildman–Crippen LogP) is 2.75. The van der Waals surface area contributed by atoms with Crippen LogP contribution in [0.25, 0.3) is 0 Å². The van der Waals surface area contributed by atoms with Gasteiger partial charge in [0, 0.05) is 10.8 Å². The van der Waals surface area contributed by atoms with E-state index < -0.39 is 29.4 Å². The Balaban J connectivity index is 2.19. The second-order valence-corrected chi connectivity index (χ2v) is 6.58. The van der Waals surface area contributed by atoms with E-state index in [4.69, 9.17) is 4.74 Å². The summed E-state index contributed by atoms with van der Waals surface area (Å²) in [6.07, 6.45) is 0. The molecule has 1 aromatic carbocycles. The number of hydrogen-bond donors (Lipinski definition) is 1. The standard InChI is InChI=1S/C18H15N3O2S/c1-23-17(22)15-14(12-6-3-2-4-7-12)18(10-19,11-20)16(21-15)13-8-5-9-24-13/h2-9,14-16,21H,1H3. The molecule has 1 aliphatic heterocycles. The molecule has 1 aromatic heterocycles. The summed E-state index contributed by atoms with van der Waals surface area (Å²) in [5.74, 6) is -1.09. The van der Waals surface area contributed by atoms with E-state index in [-0.39, 0.29) is 0 Å². The number of esters is 1. The molecular formula is C18H15N3O2S. The van der Waals surface area contributed by atoms with Gasteiger partial charge in [0.15, 0.2) is 5.41 Å². The van der Waals surface area contributed by atoms with Gasteiger partial charge in [-0.05, 0) is 17.0 Å². The maximum Gasteiger partial charge on any atom is 0.323 e. The smallest absolute Gasteiger partial charge is 0.323 e. The van der Waals surface area contributed by atoms with E-state index >= 15 is 0 Å². The molecule has 24 heavy (non-hydrogen) atoms. The van der Waals surface area contributed by atoms with Crippen LogP contribution in [0.5, 0.6) is 0 Å². The van der Waals surface area contributed by atoms with Gasteiger partial charge in [-0.25, -0.2) is 0 Å². The summed E-state index contributed by atoms with van der Waals surface area (Å²) in [5, 5.41) is 24.9. The zero-order valence-electron chi connectivity index (χ0n) is 13.0. The minimum atomic E-state index is -1.40. The van der Waals surface area contributed by atoms with Crippen LogP contribution in [0.1, 0.15) is 22.4 Å². The van der Waals surface area contributed by atoms with Crippen LogP contribution in [0.2, 0.25) is 0 Å². The molecule has 0 bridgehead atoms. The fourth-order valence-corrected chi connectivity index (χ4v) is 4.21. The molecule has 2 aromatic rings. The third kappa shape index (κ3) is 2.37. The fourth-order valence-electron chi connectivity index (χ4n) is 3.35. The van der Waals surface area contributed by atoms with Gasteiger partial charge in [0.25, 0.3) is 0 Å². The molecule has 0 spiro atoms. The van der Waals surface area contributed by atoms with Gasteiger partial charge < -0.3 is 4.74 Å². The van der Waals surface area contributed by atoms with Crippen LogP contribution in [0, 0.1) is 28.1 Å². The Morgan fingerprint density at radius 2 is 1.92 bits per heavy atom. The minimum Gasteiger partial charge on any atom is -0.468 e. The van der Waals surface area contributed by atoms with Gasteiger partial charge in [0.2, 0.25) is 0 Å². The van der Waals surface area contributed by atoms with Gasteiger partial charge in [-0.2, -0.15) is 10.5 Å². The monoisotopic (exact) mass is 337 g/mol. The van der Waals surface area contributed by atoms with Crippen LogP contribution >= 0.6 is 11.3 Å². The van der Waals surface area contributed by atoms with E-state index in [0.29, 0.717) is 0 Å². The third-order valence-corrected chi connectivity index (χ3v) is 5.37. The minimum absolute atomic E-state index is 0.474. The fraction of sp³-hybridized carbons (Fsp3) is 0.278. The van der Waals surface area contributed by atoms with Crippen molar-refractivity contribution in [2.75, 3.05) is 7.11 Å². The summed E-state index contributed by atoms with van der Waals surface area (Å²) in [6, 6.07) is 16.0. The van der Waals surface area contributed by atoms with Crippen molar-refractivity contribution in [3.05, 3.63) is 58.3 Å². The lowest BCUT2D eigenvalue weighted by atomic mass is 9.70. The highest BCUT2D eigenvalue weighted by Gasteiger charge is 2.60. The first-order valence-electron chi connectivity index (χ1n) is 7.42. The highest BCUT2D eigenvalue weighted by molar-refractivity contribution is 7.10. The summed E-state index contributed by atoms with van der Waals surface area (Å²) in [7, 11) is 1.31. The van der Waals surface area contributed by atoms with Crippen LogP contribution in [0.3, 0.4) is 0 Å². The number of hydrogen-bond acceptors (Lipinski definition) is 6. The molecule has 2 heterocycles.